The standard InChI is InChI=1S/C7H8O.C2H6S.FH/c1-6-2-4-7(8)5-3-6;1-3-2;/h2-5,8H,1H3;1-2H3;1H. The van der Waals surface area contributed by atoms with Gasteiger partial charge in [-0.05, 0) is 31.6 Å². The zero-order valence-corrected chi connectivity index (χ0v) is 8.39. The molecule has 0 amide bonds. The molecule has 0 aliphatic carbocycles. The van der Waals surface area contributed by atoms with Gasteiger partial charge in [0, 0.05) is 0 Å². The van der Waals surface area contributed by atoms with Crippen LogP contribution in [0.1, 0.15) is 5.56 Å². The maximum atomic E-state index is 8.76. The Balaban J connectivity index is 0. The third kappa shape index (κ3) is 7.41. The van der Waals surface area contributed by atoms with Crippen LogP contribution in [0.15, 0.2) is 24.3 Å². The second kappa shape index (κ2) is 8.40. The molecular formula is C9H15FOS. The smallest absolute Gasteiger partial charge is 0.115 e. The van der Waals surface area contributed by atoms with Crippen LogP contribution in [-0.2, 0) is 0 Å². The number of phenolic OH excluding ortho intramolecular Hbond substituents is 1. The highest BCUT2D eigenvalue weighted by atomic mass is 32.2. The minimum absolute atomic E-state index is 0. The van der Waals surface area contributed by atoms with Gasteiger partial charge in [-0.1, -0.05) is 17.7 Å². The van der Waals surface area contributed by atoms with E-state index < -0.39 is 0 Å². The molecule has 1 aromatic rings. The summed E-state index contributed by atoms with van der Waals surface area (Å²) < 4.78 is 0. The zero-order valence-electron chi connectivity index (χ0n) is 7.57. The Morgan fingerprint density at radius 1 is 1.08 bits per heavy atom. The predicted octanol–water partition coefficient (Wildman–Crippen LogP) is 2.83. The van der Waals surface area contributed by atoms with E-state index in [9.17, 15) is 0 Å². The van der Waals surface area contributed by atoms with Crippen LogP contribution in [-0.4, -0.2) is 17.6 Å². The molecule has 0 bridgehead atoms. The van der Waals surface area contributed by atoms with Crippen LogP contribution in [0.2, 0.25) is 0 Å². The first-order chi connectivity index (χ1) is 5.20. The topological polar surface area (TPSA) is 20.2 Å². The highest BCUT2D eigenvalue weighted by molar-refractivity contribution is 7.97. The van der Waals surface area contributed by atoms with Crippen molar-refractivity contribution in [1.82, 2.24) is 0 Å². The van der Waals surface area contributed by atoms with E-state index in [4.69, 9.17) is 5.11 Å². The van der Waals surface area contributed by atoms with Crippen LogP contribution in [0.25, 0.3) is 0 Å². The fraction of sp³-hybridized carbons (Fsp3) is 0.333. The lowest BCUT2D eigenvalue weighted by molar-refractivity contribution is 0.475. The predicted molar refractivity (Wildman–Crippen MR) is 54.8 cm³/mol. The highest BCUT2D eigenvalue weighted by Gasteiger charge is 1.82. The number of phenols is 1. The molecule has 70 valence electrons. The molecule has 0 spiro atoms. The van der Waals surface area contributed by atoms with Gasteiger partial charge in [-0.2, -0.15) is 11.8 Å². The first-order valence-electron chi connectivity index (χ1n) is 3.36. The first kappa shape index (κ1) is 13.9. The van der Waals surface area contributed by atoms with Crippen LogP contribution in [0.4, 0.5) is 4.70 Å². The summed E-state index contributed by atoms with van der Waals surface area (Å²) in [4.78, 5) is 0. The third-order valence-electron chi connectivity index (χ3n) is 1.03. The second-order valence-corrected chi connectivity index (χ2v) is 3.06. The molecule has 0 heterocycles. The summed E-state index contributed by atoms with van der Waals surface area (Å²) in [5.74, 6) is 0.329. The largest absolute Gasteiger partial charge is 0.508 e. The van der Waals surface area contributed by atoms with Crippen molar-refractivity contribution in [3.8, 4) is 5.75 Å². The van der Waals surface area contributed by atoms with E-state index in [-0.39, 0.29) is 4.70 Å². The Hall–Kier alpha value is -0.700. The van der Waals surface area contributed by atoms with Gasteiger partial charge in [0.15, 0.2) is 0 Å². The number of hydrogen-bond donors (Lipinski definition) is 1. The van der Waals surface area contributed by atoms with Crippen molar-refractivity contribution >= 4 is 11.8 Å². The van der Waals surface area contributed by atoms with Gasteiger partial charge in [-0.3, -0.25) is 4.70 Å². The molecule has 3 heteroatoms. The van der Waals surface area contributed by atoms with Crippen molar-refractivity contribution in [2.24, 2.45) is 0 Å². The molecule has 1 aromatic carbocycles. The van der Waals surface area contributed by atoms with Crippen LogP contribution in [0.3, 0.4) is 0 Å². The van der Waals surface area contributed by atoms with E-state index in [1.165, 1.54) is 5.56 Å². The number of thioether (sulfide) groups is 1. The lowest BCUT2D eigenvalue weighted by atomic mass is 10.2. The Morgan fingerprint density at radius 3 is 1.67 bits per heavy atom. The minimum Gasteiger partial charge on any atom is -0.508 e. The number of halogens is 1. The Labute approximate surface area is 77.2 Å². The highest BCUT2D eigenvalue weighted by Crippen LogP contribution is 2.07. The van der Waals surface area contributed by atoms with Gasteiger partial charge in [0.2, 0.25) is 0 Å². The Morgan fingerprint density at radius 2 is 1.42 bits per heavy atom. The van der Waals surface area contributed by atoms with Crippen molar-refractivity contribution in [3.63, 3.8) is 0 Å². The molecule has 1 nitrogen and oxygen atoms in total. The summed E-state index contributed by atoms with van der Waals surface area (Å²) in [6.07, 6.45) is 4.08. The Kier molecular flexibility index (Phi) is 9.70. The molecule has 0 saturated heterocycles. The van der Waals surface area contributed by atoms with Gasteiger partial charge in [0.25, 0.3) is 0 Å². The average molecular weight is 190 g/mol. The molecule has 0 aliphatic rings. The third-order valence-corrected chi connectivity index (χ3v) is 1.03. The monoisotopic (exact) mass is 190 g/mol. The molecule has 1 rings (SSSR count). The molecule has 1 N–H and O–H groups in total. The molecule has 0 aliphatic heterocycles. The quantitative estimate of drug-likeness (QED) is 0.679. The second-order valence-electron chi connectivity index (χ2n) is 2.24. The van der Waals surface area contributed by atoms with Crippen LogP contribution in [0, 0.1) is 6.92 Å². The molecule has 0 aromatic heterocycles. The molecule has 0 unspecified atom stereocenters. The van der Waals surface area contributed by atoms with E-state index in [0.717, 1.165) is 0 Å². The summed E-state index contributed by atoms with van der Waals surface area (Å²) in [5, 5.41) is 8.76. The van der Waals surface area contributed by atoms with E-state index in [2.05, 4.69) is 0 Å². The van der Waals surface area contributed by atoms with Crippen molar-refractivity contribution in [2.75, 3.05) is 12.5 Å². The van der Waals surface area contributed by atoms with E-state index in [0.29, 0.717) is 5.75 Å². The van der Waals surface area contributed by atoms with E-state index in [1.54, 1.807) is 23.9 Å². The van der Waals surface area contributed by atoms with Gasteiger partial charge < -0.3 is 5.11 Å². The summed E-state index contributed by atoms with van der Waals surface area (Å²) in [5.41, 5.74) is 1.17. The van der Waals surface area contributed by atoms with E-state index in [1.807, 2.05) is 31.6 Å². The lowest BCUT2D eigenvalue weighted by Crippen LogP contribution is -1.66. The fourth-order valence-corrected chi connectivity index (χ4v) is 0.545. The van der Waals surface area contributed by atoms with Crippen molar-refractivity contribution < 1.29 is 9.81 Å². The maximum absolute atomic E-state index is 8.76. The van der Waals surface area contributed by atoms with Gasteiger partial charge in [0.1, 0.15) is 5.75 Å². The van der Waals surface area contributed by atoms with Crippen LogP contribution >= 0.6 is 11.8 Å². The fourth-order valence-electron chi connectivity index (χ4n) is 0.545. The molecule has 0 saturated carbocycles. The average Bonchev–Trinajstić information content (AvgIpc) is 1.97. The SMILES string of the molecule is CSC.Cc1ccc(O)cc1.F. The maximum Gasteiger partial charge on any atom is 0.115 e. The molecule has 0 fully saturated rings. The number of benzene rings is 1. The Bertz CT molecular complexity index is 165. The minimum atomic E-state index is 0. The first-order valence-corrected chi connectivity index (χ1v) is 4.99. The van der Waals surface area contributed by atoms with Gasteiger partial charge in [-0.25, -0.2) is 0 Å². The number of rotatable bonds is 0. The number of aromatic hydroxyl groups is 1. The summed E-state index contributed by atoms with van der Waals surface area (Å²) in [6.45, 7) is 1.99. The van der Waals surface area contributed by atoms with Crippen molar-refractivity contribution in [3.05, 3.63) is 29.8 Å². The molecule has 0 radical (unpaired) electrons. The van der Waals surface area contributed by atoms with Gasteiger partial charge in [0.05, 0.1) is 0 Å². The summed E-state index contributed by atoms with van der Waals surface area (Å²) >= 11 is 1.75. The molecular weight excluding hydrogens is 175 g/mol. The normalized spacial score (nSPS) is 7.58. The van der Waals surface area contributed by atoms with Crippen molar-refractivity contribution in [1.29, 1.82) is 0 Å². The van der Waals surface area contributed by atoms with Gasteiger partial charge in [-0.15, -0.1) is 0 Å². The van der Waals surface area contributed by atoms with Crippen LogP contribution < -0.4 is 0 Å². The molecule has 0 atom stereocenters. The van der Waals surface area contributed by atoms with Crippen LogP contribution in [0.5, 0.6) is 5.75 Å². The zero-order chi connectivity index (χ0) is 8.69. The number of aryl methyl sites for hydroxylation is 1. The van der Waals surface area contributed by atoms with Crippen molar-refractivity contribution in [2.45, 2.75) is 6.92 Å². The van der Waals surface area contributed by atoms with Gasteiger partial charge >= 0.3 is 0 Å². The molecule has 12 heavy (non-hydrogen) atoms. The van der Waals surface area contributed by atoms with E-state index >= 15 is 0 Å². The summed E-state index contributed by atoms with van der Waals surface area (Å²) in [6, 6.07) is 7.09. The lowest BCUT2D eigenvalue weighted by Gasteiger charge is -1.89. The summed E-state index contributed by atoms with van der Waals surface area (Å²) in [7, 11) is 0. The number of hydrogen-bond acceptors (Lipinski definition) is 2.